The third kappa shape index (κ3) is 3.02. The lowest BCUT2D eigenvalue weighted by Crippen LogP contribution is -1.87. The largest absolute Gasteiger partial charge is 0.353 e. The first-order valence-electron chi connectivity index (χ1n) is 10.2. The predicted octanol–water partition coefficient (Wildman–Crippen LogP) is 5.68. The van der Waals surface area contributed by atoms with Crippen molar-refractivity contribution in [3.05, 3.63) is 84.7 Å². The third-order valence-electron chi connectivity index (χ3n) is 5.54. The Bertz CT molecular complexity index is 1580. The highest BCUT2D eigenvalue weighted by atomic mass is 19.1. The number of benzene rings is 1. The van der Waals surface area contributed by atoms with E-state index in [1.807, 2.05) is 43.3 Å². The van der Waals surface area contributed by atoms with Gasteiger partial charge in [-0.15, -0.1) is 0 Å². The molecule has 0 aliphatic heterocycles. The summed E-state index contributed by atoms with van der Waals surface area (Å²) in [4.78, 5) is 16.6. The van der Waals surface area contributed by atoms with Gasteiger partial charge in [0.05, 0.1) is 28.8 Å². The van der Waals surface area contributed by atoms with Gasteiger partial charge in [0.1, 0.15) is 11.5 Å². The van der Waals surface area contributed by atoms with Crippen molar-refractivity contribution in [3.8, 4) is 33.9 Å². The average molecular weight is 420 g/mol. The van der Waals surface area contributed by atoms with Crippen LogP contribution < -0.4 is 0 Å². The molecule has 0 radical (unpaired) electrons. The number of nitrogens with one attached hydrogen (secondary N) is 2. The zero-order valence-corrected chi connectivity index (χ0v) is 17.1. The molecule has 0 aliphatic rings. The van der Waals surface area contributed by atoms with Gasteiger partial charge in [-0.05, 0) is 61.0 Å². The predicted molar refractivity (Wildman–Crippen MR) is 122 cm³/mol. The second-order valence-corrected chi connectivity index (χ2v) is 7.74. The van der Waals surface area contributed by atoms with E-state index in [4.69, 9.17) is 0 Å². The Morgan fingerprint density at radius 2 is 1.62 bits per heavy atom. The number of H-pyrrole nitrogens is 2. The quantitative estimate of drug-likeness (QED) is 0.386. The van der Waals surface area contributed by atoms with Crippen molar-refractivity contribution >= 4 is 21.8 Å². The molecule has 154 valence electrons. The summed E-state index contributed by atoms with van der Waals surface area (Å²) in [6.45, 7) is 1.87. The van der Waals surface area contributed by atoms with Crippen LogP contribution in [0.4, 0.5) is 4.39 Å². The molecule has 1 aromatic carbocycles. The Morgan fingerprint density at radius 3 is 2.47 bits per heavy atom. The van der Waals surface area contributed by atoms with Gasteiger partial charge in [-0.2, -0.15) is 5.10 Å². The fourth-order valence-electron chi connectivity index (χ4n) is 4.09. The van der Waals surface area contributed by atoms with Crippen molar-refractivity contribution in [3.63, 3.8) is 0 Å². The second kappa shape index (κ2) is 7.09. The summed E-state index contributed by atoms with van der Waals surface area (Å²) in [5.74, 6) is -0.274. The SMILES string of the molecule is Cc1cc(F)cc(-c2nccc3[nH]c(-c4n[nH]c5cnc(-c6ccncc6)cc45)cc23)c1. The molecular weight excluding hydrogens is 403 g/mol. The zero-order valence-electron chi connectivity index (χ0n) is 17.1. The van der Waals surface area contributed by atoms with Crippen molar-refractivity contribution in [2.75, 3.05) is 0 Å². The molecule has 7 heteroatoms. The van der Waals surface area contributed by atoms with Crippen LogP contribution in [0.5, 0.6) is 0 Å². The maximum atomic E-state index is 14.0. The monoisotopic (exact) mass is 420 g/mol. The van der Waals surface area contributed by atoms with Crippen molar-refractivity contribution in [2.45, 2.75) is 6.92 Å². The molecule has 0 bridgehead atoms. The van der Waals surface area contributed by atoms with Gasteiger partial charge in [0.2, 0.25) is 0 Å². The average Bonchev–Trinajstić information content (AvgIpc) is 3.42. The van der Waals surface area contributed by atoms with Gasteiger partial charge in [-0.1, -0.05) is 0 Å². The Kier molecular flexibility index (Phi) is 4.07. The molecule has 0 unspecified atom stereocenters. The number of aryl methyl sites for hydroxylation is 1. The highest BCUT2D eigenvalue weighted by Crippen LogP contribution is 2.34. The minimum Gasteiger partial charge on any atom is -0.353 e. The van der Waals surface area contributed by atoms with Gasteiger partial charge in [0.25, 0.3) is 0 Å². The minimum absolute atomic E-state index is 0.274. The smallest absolute Gasteiger partial charge is 0.124 e. The molecule has 5 aromatic heterocycles. The van der Waals surface area contributed by atoms with E-state index in [2.05, 4.69) is 30.1 Å². The Morgan fingerprint density at radius 1 is 0.781 bits per heavy atom. The number of fused-ring (bicyclic) bond motifs is 2. The molecule has 5 heterocycles. The molecule has 6 aromatic rings. The first-order chi connectivity index (χ1) is 15.7. The molecule has 0 spiro atoms. The number of pyridine rings is 3. The van der Waals surface area contributed by atoms with Crippen LogP contribution in [0.25, 0.3) is 55.7 Å². The molecular formula is C25H17FN6. The van der Waals surface area contributed by atoms with E-state index in [1.54, 1.807) is 24.8 Å². The maximum Gasteiger partial charge on any atom is 0.124 e. The van der Waals surface area contributed by atoms with Gasteiger partial charge >= 0.3 is 0 Å². The van der Waals surface area contributed by atoms with Crippen LogP contribution in [0.15, 0.2) is 73.3 Å². The number of hydrogen-bond donors (Lipinski definition) is 2. The van der Waals surface area contributed by atoms with Gasteiger partial charge in [0.15, 0.2) is 0 Å². The fourth-order valence-corrected chi connectivity index (χ4v) is 4.09. The van der Waals surface area contributed by atoms with Crippen LogP contribution in [0.2, 0.25) is 0 Å². The van der Waals surface area contributed by atoms with Crippen LogP contribution in [-0.2, 0) is 0 Å². The van der Waals surface area contributed by atoms with E-state index in [1.165, 1.54) is 12.1 Å². The van der Waals surface area contributed by atoms with Crippen LogP contribution >= 0.6 is 0 Å². The summed E-state index contributed by atoms with van der Waals surface area (Å²) >= 11 is 0. The van der Waals surface area contributed by atoms with Crippen LogP contribution in [-0.4, -0.2) is 30.1 Å². The Hall–Kier alpha value is -4.39. The molecule has 0 saturated carbocycles. The summed E-state index contributed by atoms with van der Waals surface area (Å²) in [5.41, 5.74) is 7.54. The number of aromatic nitrogens is 6. The van der Waals surface area contributed by atoms with E-state index >= 15 is 0 Å². The van der Waals surface area contributed by atoms with Crippen molar-refractivity contribution in [1.82, 2.24) is 30.1 Å². The molecule has 32 heavy (non-hydrogen) atoms. The Labute approximate surface area is 182 Å². The number of halogens is 1. The number of rotatable bonds is 3. The topological polar surface area (TPSA) is 83.1 Å². The molecule has 0 saturated heterocycles. The second-order valence-electron chi connectivity index (χ2n) is 7.74. The van der Waals surface area contributed by atoms with Crippen molar-refractivity contribution < 1.29 is 4.39 Å². The summed E-state index contributed by atoms with van der Waals surface area (Å²) in [5, 5.41) is 9.46. The first-order valence-corrected chi connectivity index (χ1v) is 10.2. The van der Waals surface area contributed by atoms with Crippen LogP contribution in [0.3, 0.4) is 0 Å². The lowest BCUT2D eigenvalue weighted by Gasteiger charge is -2.04. The standard InChI is InChI=1S/C25H17FN6/c1-14-8-16(10-17(26)9-14)24-18-12-22(30-20(18)4-7-28-24)25-19-11-21(15-2-5-27-6-3-15)29-13-23(19)31-32-25/h2-13,30H,1H3,(H,31,32). The lowest BCUT2D eigenvalue weighted by atomic mass is 10.0. The zero-order chi connectivity index (χ0) is 21.7. The summed E-state index contributed by atoms with van der Waals surface area (Å²) in [7, 11) is 0. The number of nitrogens with zero attached hydrogens (tertiary/aromatic N) is 4. The normalized spacial score (nSPS) is 11.4. The highest BCUT2D eigenvalue weighted by Gasteiger charge is 2.15. The third-order valence-corrected chi connectivity index (χ3v) is 5.54. The van der Waals surface area contributed by atoms with E-state index < -0.39 is 0 Å². The van der Waals surface area contributed by atoms with E-state index in [-0.39, 0.29) is 5.82 Å². The molecule has 0 fully saturated rings. The Balaban J connectivity index is 1.52. The number of aromatic amines is 2. The number of hydrogen-bond acceptors (Lipinski definition) is 4. The molecule has 6 rings (SSSR count). The highest BCUT2D eigenvalue weighted by molar-refractivity contribution is 6.00. The van der Waals surface area contributed by atoms with Gasteiger partial charge < -0.3 is 4.98 Å². The van der Waals surface area contributed by atoms with E-state index in [0.29, 0.717) is 0 Å². The lowest BCUT2D eigenvalue weighted by molar-refractivity contribution is 0.627. The molecule has 0 atom stereocenters. The maximum absolute atomic E-state index is 14.0. The molecule has 0 amide bonds. The first kappa shape index (κ1) is 18.4. The van der Waals surface area contributed by atoms with Crippen molar-refractivity contribution in [1.29, 1.82) is 0 Å². The molecule has 2 N–H and O–H groups in total. The van der Waals surface area contributed by atoms with E-state index in [9.17, 15) is 4.39 Å². The van der Waals surface area contributed by atoms with Crippen LogP contribution in [0.1, 0.15) is 5.56 Å². The fraction of sp³-hybridized carbons (Fsp3) is 0.0400. The van der Waals surface area contributed by atoms with Gasteiger partial charge in [-0.3, -0.25) is 20.1 Å². The molecule has 6 nitrogen and oxygen atoms in total. The summed E-state index contributed by atoms with van der Waals surface area (Å²) in [6.07, 6.45) is 7.01. The summed E-state index contributed by atoms with van der Waals surface area (Å²) < 4.78 is 14.0. The minimum atomic E-state index is -0.274. The van der Waals surface area contributed by atoms with Crippen LogP contribution in [0, 0.1) is 12.7 Å². The van der Waals surface area contributed by atoms with Gasteiger partial charge in [-0.25, -0.2) is 4.39 Å². The summed E-state index contributed by atoms with van der Waals surface area (Å²) in [6, 6.07) is 14.8. The van der Waals surface area contributed by atoms with Gasteiger partial charge in [0, 0.05) is 46.0 Å². The van der Waals surface area contributed by atoms with E-state index in [0.717, 1.165) is 61.3 Å². The molecule has 0 aliphatic carbocycles. The van der Waals surface area contributed by atoms with Crippen molar-refractivity contribution in [2.24, 2.45) is 0 Å².